The zero-order valence-electron chi connectivity index (χ0n) is 10.5. The van der Waals surface area contributed by atoms with Gasteiger partial charge in [0.25, 0.3) is 0 Å². The van der Waals surface area contributed by atoms with Crippen molar-refractivity contribution in [3.63, 3.8) is 0 Å². The van der Waals surface area contributed by atoms with Gasteiger partial charge in [-0.05, 0) is 26.1 Å². The molecule has 0 aromatic heterocycles. The summed E-state index contributed by atoms with van der Waals surface area (Å²) < 4.78 is 2.01. The third kappa shape index (κ3) is 9.01. The summed E-state index contributed by atoms with van der Waals surface area (Å²) in [7, 11) is 6.09. The molecule has 0 spiro atoms. The first-order valence-electron chi connectivity index (χ1n) is 5.27. The van der Waals surface area contributed by atoms with Crippen molar-refractivity contribution < 1.29 is 4.58 Å². The highest BCUT2D eigenvalue weighted by atomic mass is 15.1. The van der Waals surface area contributed by atoms with Gasteiger partial charge in [0, 0.05) is 19.2 Å². The first kappa shape index (κ1) is 13.7. The molecule has 2 heteroatoms. The van der Waals surface area contributed by atoms with E-state index in [0.29, 0.717) is 6.04 Å². The van der Waals surface area contributed by atoms with Gasteiger partial charge in [-0.2, -0.15) is 0 Å². The standard InChI is InChI=1S/C13H23N2/c1-13(2)15(5)12-10-8-6-7-9-11-14(3)4/h6-13H,1-5H3/q+1. The summed E-state index contributed by atoms with van der Waals surface area (Å²) in [6.45, 7) is 4.33. The topological polar surface area (TPSA) is 6.25 Å². The summed E-state index contributed by atoms with van der Waals surface area (Å²) in [4.78, 5) is 2.17. The number of rotatable bonds is 5. The van der Waals surface area contributed by atoms with Crippen LogP contribution >= 0.6 is 0 Å². The van der Waals surface area contributed by atoms with Gasteiger partial charge in [0.2, 0.25) is 0 Å². The van der Waals surface area contributed by atoms with Crippen molar-refractivity contribution in [1.29, 1.82) is 0 Å². The molecule has 0 atom stereocenters. The van der Waals surface area contributed by atoms with Crippen molar-refractivity contribution in [2.75, 3.05) is 21.1 Å². The summed E-state index contributed by atoms with van der Waals surface area (Å²) in [6, 6.07) is 0.548. The molecule has 0 aromatic rings. The number of nitrogens with zero attached hydrogens (tertiary/aromatic N) is 2. The van der Waals surface area contributed by atoms with Crippen LogP contribution in [0.2, 0.25) is 0 Å². The van der Waals surface area contributed by atoms with Crippen LogP contribution in [0, 0.1) is 0 Å². The minimum absolute atomic E-state index is 0.548. The Balaban J connectivity index is 3.90. The zero-order chi connectivity index (χ0) is 11.7. The van der Waals surface area contributed by atoms with Crippen LogP contribution in [0.5, 0.6) is 0 Å². The highest BCUT2D eigenvalue weighted by Crippen LogP contribution is 1.93. The van der Waals surface area contributed by atoms with E-state index in [-0.39, 0.29) is 0 Å². The molecule has 0 N–H and O–H groups in total. The molecule has 0 fully saturated rings. The molecule has 0 bridgehead atoms. The van der Waals surface area contributed by atoms with E-state index in [1.54, 1.807) is 0 Å². The van der Waals surface area contributed by atoms with Gasteiger partial charge < -0.3 is 4.90 Å². The van der Waals surface area contributed by atoms with Gasteiger partial charge >= 0.3 is 0 Å². The van der Waals surface area contributed by atoms with Crippen LogP contribution in [0.4, 0.5) is 0 Å². The van der Waals surface area contributed by atoms with Gasteiger partial charge in [-0.25, -0.2) is 4.58 Å². The van der Waals surface area contributed by atoms with Gasteiger partial charge in [-0.15, -0.1) is 0 Å². The molecule has 0 aliphatic heterocycles. The van der Waals surface area contributed by atoms with E-state index in [1.165, 1.54) is 0 Å². The molecule has 0 rings (SSSR count). The van der Waals surface area contributed by atoms with Crippen LogP contribution in [0.25, 0.3) is 0 Å². The van der Waals surface area contributed by atoms with Gasteiger partial charge in [0.05, 0.1) is 0 Å². The van der Waals surface area contributed by atoms with E-state index in [0.717, 1.165) is 0 Å². The molecule has 0 aromatic carbocycles. The molecule has 0 amide bonds. The Bertz CT molecular complexity index is 266. The minimum Gasteiger partial charge on any atom is -0.378 e. The van der Waals surface area contributed by atoms with Gasteiger partial charge in [0.15, 0.2) is 6.21 Å². The highest BCUT2D eigenvalue weighted by molar-refractivity contribution is 5.66. The van der Waals surface area contributed by atoms with Crippen LogP contribution in [-0.4, -0.2) is 42.9 Å². The zero-order valence-corrected chi connectivity index (χ0v) is 10.5. The average molecular weight is 207 g/mol. The third-order valence-corrected chi connectivity index (χ3v) is 1.96. The molecule has 2 nitrogen and oxygen atoms in total. The van der Waals surface area contributed by atoms with Crippen molar-refractivity contribution in [3.05, 3.63) is 36.6 Å². The Morgan fingerprint density at radius 3 is 2.00 bits per heavy atom. The van der Waals surface area contributed by atoms with E-state index in [2.05, 4.69) is 32.0 Å². The van der Waals surface area contributed by atoms with Crippen molar-refractivity contribution >= 4 is 6.21 Å². The Labute approximate surface area is 93.9 Å². The molecule has 0 radical (unpaired) electrons. The second-order valence-electron chi connectivity index (χ2n) is 3.98. The summed E-state index contributed by atoms with van der Waals surface area (Å²) in [5.74, 6) is 0. The van der Waals surface area contributed by atoms with E-state index in [9.17, 15) is 0 Å². The fraction of sp³-hybridized carbons (Fsp3) is 0.462. The second-order valence-corrected chi connectivity index (χ2v) is 3.98. The predicted molar refractivity (Wildman–Crippen MR) is 68.5 cm³/mol. The first-order chi connectivity index (χ1) is 7.04. The Morgan fingerprint density at radius 1 is 0.933 bits per heavy atom. The number of hydrogen-bond acceptors (Lipinski definition) is 1. The van der Waals surface area contributed by atoms with Crippen molar-refractivity contribution in [2.24, 2.45) is 0 Å². The van der Waals surface area contributed by atoms with Crippen LogP contribution in [-0.2, 0) is 0 Å². The molecule has 0 heterocycles. The van der Waals surface area contributed by atoms with Crippen LogP contribution in [0.3, 0.4) is 0 Å². The van der Waals surface area contributed by atoms with E-state index < -0.39 is 0 Å². The normalized spacial score (nSPS) is 12.1. The van der Waals surface area contributed by atoms with E-state index in [1.807, 2.05) is 55.3 Å². The minimum atomic E-state index is 0.548. The lowest BCUT2D eigenvalue weighted by Crippen LogP contribution is -2.19. The molecule has 84 valence electrons. The quantitative estimate of drug-likeness (QED) is 0.381. The lowest BCUT2D eigenvalue weighted by Gasteiger charge is -2.17. The fourth-order valence-electron chi connectivity index (χ4n) is 0.772. The smallest absolute Gasteiger partial charge is 0.162 e. The van der Waals surface area contributed by atoms with Gasteiger partial charge in [-0.3, -0.25) is 0 Å². The van der Waals surface area contributed by atoms with E-state index in [4.69, 9.17) is 0 Å². The maximum Gasteiger partial charge on any atom is 0.162 e. The number of hydrogen-bond donors (Lipinski definition) is 0. The van der Waals surface area contributed by atoms with Crippen molar-refractivity contribution in [1.82, 2.24) is 4.90 Å². The SMILES string of the molecule is CC(C)N(C)/C=C/C=C/C=C/C=[N+](C)C. The molecule has 15 heavy (non-hydrogen) atoms. The largest absolute Gasteiger partial charge is 0.378 e. The summed E-state index contributed by atoms with van der Waals surface area (Å²) in [5.41, 5.74) is 0. The van der Waals surface area contributed by atoms with Crippen molar-refractivity contribution in [2.45, 2.75) is 19.9 Å². The first-order valence-corrected chi connectivity index (χ1v) is 5.27. The Morgan fingerprint density at radius 2 is 1.47 bits per heavy atom. The van der Waals surface area contributed by atoms with Gasteiger partial charge in [-0.1, -0.05) is 18.2 Å². The monoisotopic (exact) mass is 207 g/mol. The predicted octanol–water partition coefficient (Wildman–Crippen LogP) is 2.30. The van der Waals surface area contributed by atoms with Crippen molar-refractivity contribution in [3.8, 4) is 0 Å². The summed E-state index contributed by atoms with van der Waals surface area (Å²) in [6.07, 6.45) is 14.2. The van der Waals surface area contributed by atoms with Crippen LogP contribution in [0.15, 0.2) is 36.6 Å². The second kappa shape index (κ2) is 8.04. The Hall–Kier alpha value is -1.31. The molecule has 0 aliphatic carbocycles. The van der Waals surface area contributed by atoms with E-state index >= 15 is 0 Å². The molecule has 0 saturated carbocycles. The average Bonchev–Trinajstić information content (AvgIpc) is 2.15. The molecule has 0 saturated heterocycles. The lowest BCUT2D eigenvalue weighted by atomic mass is 10.3. The number of allylic oxidation sites excluding steroid dienone is 5. The lowest BCUT2D eigenvalue weighted by molar-refractivity contribution is -0.458. The third-order valence-electron chi connectivity index (χ3n) is 1.96. The highest BCUT2D eigenvalue weighted by Gasteiger charge is 1.93. The Kier molecular flexibility index (Phi) is 7.33. The summed E-state index contributed by atoms with van der Waals surface area (Å²) in [5, 5.41) is 0. The molecular formula is C13H23N2+. The van der Waals surface area contributed by atoms with Crippen LogP contribution in [0.1, 0.15) is 13.8 Å². The maximum absolute atomic E-state index is 2.17. The molecule has 0 aliphatic rings. The summed E-state index contributed by atoms with van der Waals surface area (Å²) >= 11 is 0. The van der Waals surface area contributed by atoms with Crippen LogP contribution < -0.4 is 0 Å². The maximum atomic E-state index is 2.17. The van der Waals surface area contributed by atoms with Gasteiger partial charge in [0.1, 0.15) is 14.1 Å². The molecular weight excluding hydrogens is 184 g/mol. The fourth-order valence-corrected chi connectivity index (χ4v) is 0.772. The molecule has 0 unspecified atom stereocenters.